The molecule has 0 radical (unpaired) electrons. The van der Waals surface area contributed by atoms with E-state index in [2.05, 4.69) is 10.4 Å². The van der Waals surface area contributed by atoms with Crippen molar-refractivity contribution in [3.8, 4) is 5.75 Å². The summed E-state index contributed by atoms with van der Waals surface area (Å²) in [5.41, 5.74) is 3.06. The number of fused-ring (bicyclic) bond motifs is 1. The van der Waals surface area contributed by atoms with Crippen molar-refractivity contribution >= 4 is 17.3 Å². The van der Waals surface area contributed by atoms with E-state index in [9.17, 15) is 20.1 Å². The molecule has 0 bridgehead atoms. The average molecular weight is 469 g/mol. The number of ether oxygens (including phenoxy) is 1. The number of hydrogen-bond acceptors (Lipinski definition) is 8. The maximum Gasteiger partial charge on any atom is 0.312 e. The number of hydrogen-bond donors (Lipinski definition) is 3. The first kappa shape index (κ1) is 24.7. The predicted molar refractivity (Wildman–Crippen MR) is 124 cm³/mol. The largest absolute Gasteiger partial charge is 0.496 e. The molecule has 1 atom stereocenters. The lowest BCUT2D eigenvalue weighted by atomic mass is 10.0. The molecule has 3 aromatic rings. The zero-order valence-electron chi connectivity index (χ0n) is 19.3. The highest BCUT2D eigenvalue weighted by Gasteiger charge is 2.32. The molecule has 1 aromatic heterocycles. The predicted octanol–water partition coefficient (Wildman–Crippen LogP) is 3.42. The highest BCUT2D eigenvalue weighted by molar-refractivity contribution is 6.01. The molecule has 0 saturated carbocycles. The summed E-state index contributed by atoms with van der Waals surface area (Å²) >= 11 is 0. The van der Waals surface area contributed by atoms with Crippen molar-refractivity contribution in [3.05, 3.63) is 80.7 Å². The Labute approximate surface area is 196 Å². The van der Waals surface area contributed by atoms with Crippen LogP contribution in [0.5, 0.6) is 5.75 Å². The van der Waals surface area contributed by atoms with Gasteiger partial charge in [-0.1, -0.05) is 18.2 Å². The van der Waals surface area contributed by atoms with Gasteiger partial charge >= 0.3 is 5.69 Å². The van der Waals surface area contributed by atoms with Crippen LogP contribution in [-0.4, -0.2) is 49.7 Å². The molecule has 11 heteroatoms. The van der Waals surface area contributed by atoms with Gasteiger partial charge in [0.05, 0.1) is 24.1 Å². The molecule has 1 aliphatic heterocycles. The summed E-state index contributed by atoms with van der Waals surface area (Å²) in [6.45, 7) is 5.39. The normalized spacial score (nSPS) is 14.6. The molecule has 1 unspecified atom stereocenters. The summed E-state index contributed by atoms with van der Waals surface area (Å²) in [5, 5.41) is 37.5. The minimum atomic E-state index is -0.804. The summed E-state index contributed by atoms with van der Waals surface area (Å²) in [7, 11) is 1.53. The topological polar surface area (TPSA) is 143 Å². The Balaban J connectivity index is 0.00000103. The average Bonchev–Trinajstić information content (AvgIpc) is 3.09. The van der Waals surface area contributed by atoms with Gasteiger partial charge in [0.1, 0.15) is 17.1 Å². The van der Waals surface area contributed by atoms with Crippen LogP contribution in [-0.2, 0) is 6.54 Å². The number of carbonyl (C=O) groups is 1. The number of methoxy groups -OCH3 is 1. The van der Waals surface area contributed by atoms with Gasteiger partial charge in [-0.3, -0.25) is 24.8 Å². The van der Waals surface area contributed by atoms with E-state index in [0.717, 1.165) is 0 Å². The number of amides is 1. The maximum absolute atomic E-state index is 12.6. The van der Waals surface area contributed by atoms with Gasteiger partial charge in [-0.05, 0) is 50.6 Å². The molecule has 0 aliphatic carbocycles. The number of hydroxylamine groups is 2. The minimum Gasteiger partial charge on any atom is -0.496 e. The fraction of sp³-hybridized carbons (Fsp3) is 0.304. The van der Waals surface area contributed by atoms with E-state index in [1.165, 1.54) is 7.11 Å². The van der Waals surface area contributed by atoms with Crippen molar-refractivity contribution in [3.63, 3.8) is 0 Å². The second-order valence-electron chi connectivity index (χ2n) is 7.56. The molecule has 11 nitrogen and oxygen atoms in total. The van der Waals surface area contributed by atoms with E-state index in [-0.39, 0.29) is 18.8 Å². The van der Waals surface area contributed by atoms with Gasteiger partial charge in [-0.2, -0.15) is 10.2 Å². The summed E-state index contributed by atoms with van der Waals surface area (Å²) in [6, 6.07) is 12.2. The number of carbonyl (C=O) groups excluding carboxylic acids is 1. The van der Waals surface area contributed by atoms with Crippen molar-refractivity contribution in [1.82, 2.24) is 14.8 Å². The molecule has 4 rings (SSSR count). The highest BCUT2D eigenvalue weighted by atomic mass is 16.6. The summed E-state index contributed by atoms with van der Waals surface area (Å²) in [6.07, 6.45) is -0.804. The molecular weight excluding hydrogens is 442 g/mol. The molecule has 0 saturated heterocycles. The number of nitrogens with zero attached hydrogens (tertiary/aromatic N) is 4. The number of aromatic nitrogens is 2. The summed E-state index contributed by atoms with van der Waals surface area (Å²) in [5.74, 6) is 0.0527. The standard InChI is InChI=1S/C21H21N5O5.C2H6O/c1-12-19(26(29)30)13(2)24(23-12)11-15-10-14(8-9-18(15)31-3)20-22-17-7-5-4-6-16(17)21(27)25(20)28;1-2-3/h4-10,20,22,28H,11H2,1-3H3;3H,2H2,1H3. The lowest BCUT2D eigenvalue weighted by Crippen LogP contribution is -2.40. The van der Waals surface area contributed by atoms with Crippen LogP contribution in [0.25, 0.3) is 0 Å². The molecule has 1 amide bonds. The minimum absolute atomic E-state index is 0.0206. The highest BCUT2D eigenvalue weighted by Crippen LogP contribution is 2.34. The van der Waals surface area contributed by atoms with Crippen LogP contribution in [0.4, 0.5) is 11.4 Å². The van der Waals surface area contributed by atoms with Crippen LogP contribution >= 0.6 is 0 Å². The Morgan fingerprint density at radius 3 is 2.53 bits per heavy atom. The van der Waals surface area contributed by atoms with Crippen molar-refractivity contribution in [2.45, 2.75) is 33.5 Å². The molecule has 0 fully saturated rings. The molecule has 34 heavy (non-hydrogen) atoms. The van der Waals surface area contributed by atoms with Crippen molar-refractivity contribution < 1.29 is 24.8 Å². The van der Waals surface area contributed by atoms with E-state index in [1.54, 1.807) is 67.9 Å². The fourth-order valence-electron chi connectivity index (χ4n) is 3.83. The first-order chi connectivity index (χ1) is 16.2. The van der Waals surface area contributed by atoms with Gasteiger partial charge in [-0.15, -0.1) is 0 Å². The molecule has 0 spiro atoms. The summed E-state index contributed by atoms with van der Waals surface area (Å²) < 4.78 is 6.99. The van der Waals surface area contributed by atoms with Gasteiger partial charge < -0.3 is 15.2 Å². The summed E-state index contributed by atoms with van der Waals surface area (Å²) in [4.78, 5) is 23.5. The van der Waals surface area contributed by atoms with Gasteiger partial charge in [0.25, 0.3) is 5.91 Å². The Hall–Kier alpha value is -3.96. The SMILES string of the molecule is CCO.COc1ccc(C2Nc3ccccc3C(=O)N2O)cc1Cn1nc(C)c([N+](=O)[O-])c1C. The quantitative estimate of drug-likeness (QED) is 0.293. The zero-order valence-corrected chi connectivity index (χ0v) is 19.3. The molecular formula is C23H27N5O6. The molecule has 2 heterocycles. The molecule has 3 N–H and O–H groups in total. The van der Waals surface area contributed by atoms with Gasteiger partial charge in [0, 0.05) is 17.9 Å². The van der Waals surface area contributed by atoms with Gasteiger partial charge in [0.2, 0.25) is 0 Å². The first-order valence-electron chi connectivity index (χ1n) is 10.6. The van der Waals surface area contributed by atoms with Gasteiger partial charge in [0.15, 0.2) is 6.17 Å². The van der Waals surface area contributed by atoms with Crippen LogP contribution in [0.15, 0.2) is 42.5 Å². The fourth-order valence-corrected chi connectivity index (χ4v) is 3.83. The third kappa shape index (κ3) is 4.70. The smallest absolute Gasteiger partial charge is 0.312 e. The second kappa shape index (κ2) is 10.3. The number of anilines is 1. The van der Waals surface area contributed by atoms with Crippen LogP contribution in [0.3, 0.4) is 0 Å². The number of nitro groups is 1. The number of aryl methyl sites for hydroxylation is 1. The van der Waals surface area contributed by atoms with E-state index in [0.29, 0.717) is 44.6 Å². The van der Waals surface area contributed by atoms with E-state index in [1.807, 2.05) is 0 Å². The number of aliphatic hydroxyl groups excluding tert-OH is 1. The molecule has 180 valence electrons. The Kier molecular flexibility index (Phi) is 7.49. The maximum atomic E-state index is 12.6. The van der Waals surface area contributed by atoms with Crippen LogP contribution < -0.4 is 10.1 Å². The van der Waals surface area contributed by atoms with E-state index in [4.69, 9.17) is 9.84 Å². The zero-order chi connectivity index (χ0) is 25.0. The molecule has 1 aliphatic rings. The lowest BCUT2D eigenvalue weighted by Gasteiger charge is -2.33. The van der Waals surface area contributed by atoms with Crippen LogP contribution in [0, 0.1) is 24.0 Å². The Bertz CT molecular complexity index is 1210. The number of rotatable bonds is 5. The van der Waals surface area contributed by atoms with Crippen LogP contribution in [0.1, 0.15) is 46.0 Å². The van der Waals surface area contributed by atoms with Crippen molar-refractivity contribution in [2.75, 3.05) is 19.0 Å². The van der Waals surface area contributed by atoms with Crippen molar-refractivity contribution in [1.29, 1.82) is 0 Å². The number of benzene rings is 2. The third-order valence-electron chi connectivity index (χ3n) is 5.37. The van der Waals surface area contributed by atoms with E-state index < -0.39 is 17.0 Å². The number of aliphatic hydroxyl groups is 1. The van der Waals surface area contributed by atoms with Gasteiger partial charge in [-0.25, -0.2) is 0 Å². The lowest BCUT2D eigenvalue weighted by molar-refractivity contribution is -0.386. The van der Waals surface area contributed by atoms with E-state index >= 15 is 0 Å². The Morgan fingerprint density at radius 2 is 1.91 bits per heavy atom. The third-order valence-corrected chi connectivity index (χ3v) is 5.37. The monoisotopic (exact) mass is 469 g/mol. The number of nitrogens with one attached hydrogen (secondary N) is 1. The first-order valence-corrected chi connectivity index (χ1v) is 10.6. The second-order valence-corrected chi connectivity index (χ2v) is 7.56. The molecule has 2 aromatic carbocycles. The Morgan fingerprint density at radius 1 is 1.24 bits per heavy atom. The van der Waals surface area contributed by atoms with Crippen LogP contribution in [0.2, 0.25) is 0 Å². The van der Waals surface area contributed by atoms with Crippen molar-refractivity contribution in [2.24, 2.45) is 0 Å². The number of para-hydroxylation sites is 1.